The largest absolute Gasteiger partial charge is 0.386 e. The van der Waals surface area contributed by atoms with Gasteiger partial charge in [-0.05, 0) is 37.7 Å². The highest BCUT2D eigenvalue weighted by Gasteiger charge is 2.31. The fourth-order valence-corrected chi connectivity index (χ4v) is 2.32. The molecule has 0 bridgehead atoms. The van der Waals surface area contributed by atoms with Crippen LogP contribution in [0.2, 0.25) is 0 Å². The van der Waals surface area contributed by atoms with Gasteiger partial charge in [0.05, 0.1) is 5.60 Å². The van der Waals surface area contributed by atoms with E-state index in [1.807, 2.05) is 0 Å². The molecule has 0 spiro atoms. The lowest BCUT2D eigenvalue weighted by Gasteiger charge is -2.34. The van der Waals surface area contributed by atoms with Crippen LogP contribution in [0.1, 0.15) is 58.8 Å². The van der Waals surface area contributed by atoms with Crippen molar-refractivity contribution in [3.63, 3.8) is 0 Å². The van der Waals surface area contributed by atoms with Gasteiger partial charge < -0.3 is 5.11 Å². The van der Waals surface area contributed by atoms with Crippen LogP contribution in [0.25, 0.3) is 0 Å². The Bertz CT molecular complexity index is 184. The molecule has 1 nitrogen and oxygen atoms in total. The van der Waals surface area contributed by atoms with E-state index in [0.29, 0.717) is 0 Å². The third-order valence-corrected chi connectivity index (χ3v) is 2.97. The first kappa shape index (κ1) is 10.8. The van der Waals surface area contributed by atoms with Crippen molar-refractivity contribution in [2.24, 2.45) is 0 Å². The fourth-order valence-electron chi connectivity index (χ4n) is 2.32. The molecule has 76 valence electrons. The van der Waals surface area contributed by atoms with Crippen molar-refractivity contribution in [1.29, 1.82) is 0 Å². The van der Waals surface area contributed by atoms with Gasteiger partial charge in [0.25, 0.3) is 0 Å². The van der Waals surface area contributed by atoms with Gasteiger partial charge in [-0.25, -0.2) is 0 Å². The normalized spacial score (nSPS) is 28.7. The van der Waals surface area contributed by atoms with Crippen LogP contribution in [0.4, 0.5) is 0 Å². The molecule has 13 heavy (non-hydrogen) atoms. The summed E-state index contributed by atoms with van der Waals surface area (Å²) in [6.07, 6.45) is 9.82. The molecule has 0 fully saturated rings. The summed E-state index contributed by atoms with van der Waals surface area (Å²) in [5.41, 5.74) is 0.867. The van der Waals surface area contributed by atoms with E-state index in [2.05, 4.69) is 19.9 Å². The second-order valence-electron chi connectivity index (χ2n) is 4.15. The number of allylic oxidation sites excluding steroid dienone is 1. The van der Waals surface area contributed by atoms with E-state index in [-0.39, 0.29) is 0 Å². The molecule has 0 saturated carbocycles. The SMILES string of the molecule is CCCC1=CCCCC1(O)CCC. The maximum Gasteiger partial charge on any atom is 0.0856 e. The molecular formula is C12H22O. The van der Waals surface area contributed by atoms with E-state index in [4.69, 9.17) is 0 Å². The molecule has 0 aromatic carbocycles. The molecule has 1 heteroatoms. The highest BCUT2D eigenvalue weighted by molar-refractivity contribution is 5.19. The Morgan fingerprint density at radius 3 is 2.77 bits per heavy atom. The average molecular weight is 182 g/mol. The molecule has 1 N–H and O–H groups in total. The zero-order chi connectivity index (χ0) is 9.73. The van der Waals surface area contributed by atoms with Gasteiger partial charge in [0.2, 0.25) is 0 Å². The molecule has 0 aromatic rings. The van der Waals surface area contributed by atoms with Gasteiger partial charge in [-0.2, -0.15) is 0 Å². The quantitative estimate of drug-likeness (QED) is 0.660. The van der Waals surface area contributed by atoms with E-state index >= 15 is 0 Å². The third kappa shape index (κ3) is 2.57. The smallest absolute Gasteiger partial charge is 0.0856 e. The van der Waals surface area contributed by atoms with E-state index in [9.17, 15) is 5.11 Å². The van der Waals surface area contributed by atoms with Crippen LogP contribution in [0.15, 0.2) is 11.6 Å². The molecular weight excluding hydrogens is 160 g/mol. The van der Waals surface area contributed by atoms with Crippen LogP contribution >= 0.6 is 0 Å². The Kier molecular flexibility index (Phi) is 3.98. The first-order chi connectivity index (χ1) is 6.23. The van der Waals surface area contributed by atoms with Crippen LogP contribution in [0, 0.1) is 0 Å². The fraction of sp³-hybridized carbons (Fsp3) is 0.833. The van der Waals surface area contributed by atoms with Crippen molar-refractivity contribution in [2.45, 2.75) is 64.4 Å². The average Bonchev–Trinajstić information content (AvgIpc) is 2.10. The Labute approximate surface area is 81.9 Å². The summed E-state index contributed by atoms with van der Waals surface area (Å²) in [6, 6.07) is 0. The van der Waals surface area contributed by atoms with Gasteiger partial charge in [0, 0.05) is 0 Å². The zero-order valence-corrected chi connectivity index (χ0v) is 8.97. The third-order valence-electron chi connectivity index (χ3n) is 2.97. The predicted molar refractivity (Wildman–Crippen MR) is 56.7 cm³/mol. The minimum atomic E-state index is -0.441. The molecule has 0 aliphatic heterocycles. The lowest BCUT2D eigenvalue weighted by Crippen LogP contribution is -2.33. The summed E-state index contributed by atoms with van der Waals surface area (Å²) in [5, 5.41) is 10.4. The first-order valence-corrected chi connectivity index (χ1v) is 5.65. The van der Waals surface area contributed by atoms with Gasteiger partial charge in [-0.15, -0.1) is 0 Å². The molecule has 1 aliphatic carbocycles. The number of hydrogen-bond acceptors (Lipinski definition) is 1. The van der Waals surface area contributed by atoms with Gasteiger partial charge in [-0.1, -0.05) is 32.8 Å². The van der Waals surface area contributed by atoms with Crippen molar-refractivity contribution < 1.29 is 5.11 Å². The Balaban J connectivity index is 2.68. The second-order valence-corrected chi connectivity index (χ2v) is 4.15. The molecule has 0 aromatic heterocycles. The number of rotatable bonds is 4. The summed E-state index contributed by atoms with van der Waals surface area (Å²) in [6.45, 7) is 4.33. The highest BCUT2D eigenvalue weighted by Crippen LogP contribution is 2.35. The molecule has 1 aliphatic rings. The van der Waals surface area contributed by atoms with Gasteiger partial charge in [0.15, 0.2) is 0 Å². The van der Waals surface area contributed by atoms with Crippen molar-refractivity contribution in [2.75, 3.05) is 0 Å². The predicted octanol–water partition coefficient (Wildman–Crippen LogP) is 3.43. The first-order valence-electron chi connectivity index (χ1n) is 5.65. The molecule has 0 heterocycles. The van der Waals surface area contributed by atoms with Crippen molar-refractivity contribution in [3.8, 4) is 0 Å². The maximum atomic E-state index is 10.4. The second kappa shape index (κ2) is 4.80. The van der Waals surface area contributed by atoms with Gasteiger partial charge in [0.1, 0.15) is 0 Å². The summed E-state index contributed by atoms with van der Waals surface area (Å²) < 4.78 is 0. The maximum absolute atomic E-state index is 10.4. The van der Waals surface area contributed by atoms with E-state index < -0.39 is 5.60 Å². The van der Waals surface area contributed by atoms with Crippen molar-refractivity contribution >= 4 is 0 Å². The summed E-state index contributed by atoms with van der Waals surface area (Å²) >= 11 is 0. The van der Waals surface area contributed by atoms with E-state index in [1.165, 1.54) is 12.0 Å². The highest BCUT2D eigenvalue weighted by atomic mass is 16.3. The molecule has 0 amide bonds. The summed E-state index contributed by atoms with van der Waals surface area (Å²) in [4.78, 5) is 0. The molecule has 1 rings (SSSR count). The van der Waals surface area contributed by atoms with Crippen LogP contribution in [-0.4, -0.2) is 10.7 Å². The Hall–Kier alpha value is -0.300. The van der Waals surface area contributed by atoms with Crippen LogP contribution in [0.3, 0.4) is 0 Å². The lowest BCUT2D eigenvalue weighted by atomic mass is 9.78. The zero-order valence-electron chi connectivity index (χ0n) is 8.97. The van der Waals surface area contributed by atoms with Crippen LogP contribution < -0.4 is 0 Å². The molecule has 1 unspecified atom stereocenters. The van der Waals surface area contributed by atoms with E-state index in [1.54, 1.807) is 0 Å². The van der Waals surface area contributed by atoms with Crippen molar-refractivity contribution in [3.05, 3.63) is 11.6 Å². The molecule has 1 atom stereocenters. The topological polar surface area (TPSA) is 20.2 Å². The minimum absolute atomic E-state index is 0.441. The lowest BCUT2D eigenvalue weighted by molar-refractivity contribution is 0.0484. The standard InChI is InChI=1S/C12H22O/c1-3-7-11-8-5-6-10-12(11,13)9-4-2/h8,13H,3-7,9-10H2,1-2H3. The monoisotopic (exact) mass is 182 g/mol. The van der Waals surface area contributed by atoms with Crippen LogP contribution in [0.5, 0.6) is 0 Å². The van der Waals surface area contributed by atoms with Gasteiger partial charge in [-0.3, -0.25) is 0 Å². The summed E-state index contributed by atoms with van der Waals surface area (Å²) in [7, 11) is 0. The van der Waals surface area contributed by atoms with Gasteiger partial charge >= 0.3 is 0 Å². The molecule has 0 radical (unpaired) electrons. The number of aliphatic hydroxyl groups is 1. The Morgan fingerprint density at radius 1 is 1.38 bits per heavy atom. The van der Waals surface area contributed by atoms with E-state index in [0.717, 1.165) is 38.5 Å². The number of hydrogen-bond donors (Lipinski definition) is 1. The summed E-state index contributed by atoms with van der Waals surface area (Å²) in [5.74, 6) is 0. The van der Waals surface area contributed by atoms with Crippen molar-refractivity contribution in [1.82, 2.24) is 0 Å². The van der Waals surface area contributed by atoms with Crippen LogP contribution in [-0.2, 0) is 0 Å². The molecule has 0 saturated heterocycles. The Morgan fingerprint density at radius 2 is 2.15 bits per heavy atom. The minimum Gasteiger partial charge on any atom is -0.386 e.